The van der Waals surface area contributed by atoms with Crippen molar-refractivity contribution in [2.24, 2.45) is 0 Å². The third-order valence-corrected chi connectivity index (χ3v) is 5.78. The molecular formula is C20H23N2O6P. The monoisotopic (exact) mass is 418 g/mol. The van der Waals surface area contributed by atoms with Gasteiger partial charge in [-0.1, -0.05) is 67.6 Å². The molecule has 0 spiro atoms. The van der Waals surface area contributed by atoms with Crippen LogP contribution >= 0.6 is 7.82 Å². The lowest BCUT2D eigenvalue weighted by Crippen LogP contribution is -2.47. The lowest BCUT2D eigenvalue weighted by Gasteiger charge is -2.32. The second kappa shape index (κ2) is 7.72. The summed E-state index contributed by atoms with van der Waals surface area (Å²) < 4.78 is 16.3. The smallest absolute Gasteiger partial charge is 0.315 e. The first kappa shape index (κ1) is 21.2. The van der Waals surface area contributed by atoms with Crippen LogP contribution in [0.4, 0.5) is 4.79 Å². The Morgan fingerprint density at radius 3 is 1.93 bits per heavy atom. The van der Waals surface area contributed by atoms with Crippen LogP contribution in [0.1, 0.15) is 31.4 Å². The summed E-state index contributed by atoms with van der Waals surface area (Å²) in [6, 6.07) is 17.1. The molecule has 29 heavy (non-hydrogen) atoms. The third-order valence-electron chi connectivity index (χ3n) is 5.10. The highest BCUT2D eigenvalue weighted by molar-refractivity contribution is 7.46. The summed E-state index contributed by atoms with van der Waals surface area (Å²) in [6.45, 7) is 2.81. The second-order valence-corrected chi connectivity index (χ2v) is 8.35. The fourth-order valence-corrected chi connectivity index (χ4v) is 4.24. The molecule has 0 radical (unpaired) electrons. The van der Waals surface area contributed by atoms with E-state index in [4.69, 9.17) is 4.52 Å². The molecule has 8 nitrogen and oxygen atoms in total. The van der Waals surface area contributed by atoms with E-state index in [9.17, 15) is 23.9 Å². The van der Waals surface area contributed by atoms with Gasteiger partial charge in [0.25, 0.3) is 5.91 Å². The van der Waals surface area contributed by atoms with Gasteiger partial charge in [0, 0.05) is 0 Å². The molecule has 1 fully saturated rings. The van der Waals surface area contributed by atoms with Gasteiger partial charge < -0.3 is 15.1 Å². The molecule has 0 aliphatic carbocycles. The van der Waals surface area contributed by atoms with Crippen molar-refractivity contribution in [1.29, 1.82) is 0 Å². The van der Waals surface area contributed by atoms with Crippen molar-refractivity contribution in [3.05, 3.63) is 71.8 Å². The zero-order chi connectivity index (χ0) is 21.3. The van der Waals surface area contributed by atoms with E-state index < -0.39 is 30.9 Å². The van der Waals surface area contributed by atoms with Gasteiger partial charge in [0.05, 0.1) is 12.1 Å². The molecule has 2 aromatic carbocycles. The number of carbonyl (C=O) groups is 2. The minimum Gasteiger partial charge on any atom is -0.315 e. The summed E-state index contributed by atoms with van der Waals surface area (Å²) in [4.78, 5) is 45.9. The van der Waals surface area contributed by atoms with Gasteiger partial charge in [-0.25, -0.2) is 9.36 Å². The molecule has 0 aromatic heterocycles. The number of rotatable bonds is 7. The molecule has 3 N–H and O–H groups in total. The third kappa shape index (κ3) is 4.11. The first-order chi connectivity index (χ1) is 13.6. The van der Waals surface area contributed by atoms with Crippen LogP contribution in [0.5, 0.6) is 0 Å². The first-order valence-electron chi connectivity index (χ1n) is 9.13. The average Bonchev–Trinajstić information content (AvgIpc) is 2.93. The van der Waals surface area contributed by atoms with Crippen molar-refractivity contribution in [1.82, 2.24) is 10.2 Å². The van der Waals surface area contributed by atoms with Gasteiger partial charge in [-0.05, 0) is 24.5 Å². The van der Waals surface area contributed by atoms with Gasteiger partial charge in [0.15, 0.2) is 5.54 Å². The van der Waals surface area contributed by atoms with Gasteiger partial charge in [0.1, 0.15) is 0 Å². The topological polar surface area (TPSA) is 116 Å². The number of urea groups is 1. The van der Waals surface area contributed by atoms with Crippen LogP contribution < -0.4 is 5.32 Å². The maximum atomic E-state index is 13.6. The van der Waals surface area contributed by atoms with E-state index >= 15 is 0 Å². The minimum atomic E-state index is -4.82. The average molecular weight is 418 g/mol. The van der Waals surface area contributed by atoms with E-state index in [1.165, 1.54) is 6.92 Å². The number of amides is 3. The molecule has 1 aliphatic rings. The summed E-state index contributed by atoms with van der Waals surface area (Å²) in [5, 5.41) is 2.80. The van der Waals surface area contributed by atoms with E-state index in [2.05, 4.69) is 5.32 Å². The maximum Gasteiger partial charge on any atom is 0.470 e. The number of nitrogens with one attached hydrogen (secondary N) is 1. The summed E-state index contributed by atoms with van der Waals surface area (Å²) in [7, 11) is -4.82. The quantitative estimate of drug-likeness (QED) is 0.470. The summed E-state index contributed by atoms with van der Waals surface area (Å²) in [5.74, 6) is -0.533. The van der Waals surface area contributed by atoms with Crippen molar-refractivity contribution in [3.63, 3.8) is 0 Å². The minimum absolute atomic E-state index is 0.179. The summed E-state index contributed by atoms with van der Waals surface area (Å²) in [5.41, 5.74) is -1.67. The molecule has 1 unspecified atom stereocenters. The largest absolute Gasteiger partial charge is 0.470 e. The molecule has 1 atom stereocenters. The normalized spacial score (nSPS) is 18.4. The fraction of sp³-hybridized carbons (Fsp3) is 0.300. The fourth-order valence-electron chi connectivity index (χ4n) is 3.48. The molecule has 1 heterocycles. The molecule has 1 saturated heterocycles. The Hall–Kier alpha value is -2.51. The number of carbonyl (C=O) groups excluding carboxylic acids is 2. The highest BCUT2D eigenvalue weighted by Gasteiger charge is 2.55. The number of imide groups is 1. The molecule has 0 saturated carbocycles. The van der Waals surface area contributed by atoms with Crippen LogP contribution in [0.25, 0.3) is 0 Å². The van der Waals surface area contributed by atoms with Crippen LogP contribution in [-0.4, -0.2) is 38.8 Å². The Labute approximate surface area is 168 Å². The van der Waals surface area contributed by atoms with Gasteiger partial charge in [0.2, 0.25) is 0 Å². The van der Waals surface area contributed by atoms with E-state index in [0.29, 0.717) is 11.1 Å². The number of hydrogen-bond donors (Lipinski definition) is 3. The standard InChI is InChI=1S/C20H23N2O6P/c1-3-19(2,28-29(25,26)27)14-22-17(23)20(21-18(22)24,15-10-6-4-7-11-15)16-12-8-5-9-13-16/h4-13H,3,14H2,1-2H3,(H,21,24)(H2,25,26,27). The molecule has 1 aliphatic heterocycles. The lowest BCUT2D eigenvalue weighted by molar-refractivity contribution is -0.132. The van der Waals surface area contributed by atoms with Crippen LogP contribution in [0.2, 0.25) is 0 Å². The van der Waals surface area contributed by atoms with Gasteiger partial charge >= 0.3 is 13.9 Å². The predicted octanol–water partition coefficient (Wildman–Crippen LogP) is 2.76. The molecule has 3 amide bonds. The summed E-state index contributed by atoms with van der Waals surface area (Å²) >= 11 is 0. The zero-order valence-electron chi connectivity index (χ0n) is 16.1. The van der Waals surface area contributed by atoms with Gasteiger partial charge in [-0.2, -0.15) is 0 Å². The second-order valence-electron chi connectivity index (χ2n) is 7.19. The molecule has 2 aromatic rings. The SMILES string of the molecule is CCC(C)(CN1C(=O)NC(c2ccccc2)(c2ccccc2)C1=O)OP(=O)(O)O. The van der Waals surface area contributed by atoms with Crippen molar-refractivity contribution >= 4 is 19.8 Å². The molecular weight excluding hydrogens is 395 g/mol. The Kier molecular flexibility index (Phi) is 5.65. The number of phosphoric acid groups is 1. The van der Waals surface area contributed by atoms with Crippen LogP contribution in [0.15, 0.2) is 60.7 Å². The highest BCUT2D eigenvalue weighted by atomic mass is 31.2. The van der Waals surface area contributed by atoms with Gasteiger partial charge in [-0.3, -0.25) is 14.2 Å². The van der Waals surface area contributed by atoms with Crippen molar-refractivity contribution in [3.8, 4) is 0 Å². The maximum absolute atomic E-state index is 13.6. The Bertz CT molecular complexity index is 906. The number of phosphoric ester groups is 1. The predicted molar refractivity (Wildman–Crippen MR) is 106 cm³/mol. The zero-order valence-corrected chi connectivity index (χ0v) is 17.0. The number of hydrogen-bond acceptors (Lipinski definition) is 4. The van der Waals surface area contributed by atoms with Crippen molar-refractivity contribution in [2.75, 3.05) is 6.54 Å². The molecule has 0 bridgehead atoms. The molecule has 154 valence electrons. The van der Waals surface area contributed by atoms with E-state index in [1.54, 1.807) is 55.5 Å². The van der Waals surface area contributed by atoms with Gasteiger partial charge in [-0.15, -0.1) is 0 Å². The Morgan fingerprint density at radius 2 is 1.52 bits per heavy atom. The van der Waals surface area contributed by atoms with Crippen molar-refractivity contribution in [2.45, 2.75) is 31.4 Å². The lowest BCUT2D eigenvalue weighted by atomic mass is 9.82. The highest BCUT2D eigenvalue weighted by Crippen LogP contribution is 2.44. The Balaban J connectivity index is 2.05. The summed E-state index contributed by atoms with van der Waals surface area (Å²) in [6.07, 6.45) is 0.179. The number of benzene rings is 2. The van der Waals surface area contributed by atoms with E-state index in [0.717, 1.165) is 4.90 Å². The van der Waals surface area contributed by atoms with Crippen molar-refractivity contribution < 1.29 is 28.5 Å². The number of nitrogens with zero attached hydrogens (tertiary/aromatic N) is 1. The first-order valence-corrected chi connectivity index (χ1v) is 10.7. The van der Waals surface area contributed by atoms with Crippen LogP contribution in [0.3, 0.4) is 0 Å². The van der Waals surface area contributed by atoms with E-state index in [-0.39, 0.29) is 13.0 Å². The van der Waals surface area contributed by atoms with E-state index in [1.807, 2.05) is 12.1 Å². The molecule has 3 rings (SSSR count). The van der Waals surface area contributed by atoms with Crippen LogP contribution in [0, 0.1) is 0 Å². The Morgan fingerprint density at radius 1 is 1.03 bits per heavy atom. The van der Waals surface area contributed by atoms with Crippen LogP contribution in [-0.2, 0) is 19.4 Å². The molecule has 9 heteroatoms.